The van der Waals surface area contributed by atoms with Gasteiger partial charge in [-0.3, -0.25) is 9.59 Å². The molecule has 0 aliphatic heterocycles. The van der Waals surface area contributed by atoms with E-state index in [9.17, 15) is 9.59 Å². The number of hydrogen-bond donors (Lipinski definition) is 1. The number of allylic oxidation sites excluding steroid dienone is 1. The minimum Gasteiger partial charge on any atom is -0.326 e. The van der Waals surface area contributed by atoms with Crippen molar-refractivity contribution in [2.45, 2.75) is 11.8 Å². The van der Waals surface area contributed by atoms with Crippen molar-refractivity contribution < 1.29 is 9.59 Å². The largest absolute Gasteiger partial charge is 0.326 e. The lowest BCUT2D eigenvalue weighted by Gasteiger charge is -2.03. The Kier molecular flexibility index (Phi) is 5.55. The van der Waals surface area contributed by atoms with Gasteiger partial charge in [0.15, 0.2) is 5.78 Å². The lowest BCUT2D eigenvalue weighted by atomic mass is 10.1. The van der Waals surface area contributed by atoms with Gasteiger partial charge in [0.1, 0.15) is 0 Å². The Balaban J connectivity index is 2.10. The third-order valence-corrected chi connectivity index (χ3v) is 3.75. The highest BCUT2D eigenvalue weighted by Gasteiger charge is 2.03. The van der Waals surface area contributed by atoms with Crippen LogP contribution in [-0.2, 0) is 4.79 Å². The van der Waals surface area contributed by atoms with Gasteiger partial charge in [-0.15, -0.1) is 11.8 Å². The molecule has 0 saturated carbocycles. The number of amides is 1. The molecule has 22 heavy (non-hydrogen) atoms. The molecular weight excluding hydrogens is 294 g/mol. The fraction of sp³-hybridized carbons (Fsp3) is 0.111. The van der Waals surface area contributed by atoms with Crippen LogP contribution in [0.1, 0.15) is 22.8 Å². The van der Waals surface area contributed by atoms with Crippen molar-refractivity contribution in [3.8, 4) is 0 Å². The molecule has 0 bridgehead atoms. The summed E-state index contributed by atoms with van der Waals surface area (Å²) in [7, 11) is 0. The van der Waals surface area contributed by atoms with Gasteiger partial charge in [0.2, 0.25) is 5.91 Å². The first-order valence-electron chi connectivity index (χ1n) is 6.82. The minimum atomic E-state index is -0.158. The van der Waals surface area contributed by atoms with Crippen molar-refractivity contribution in [1.29, 1.82) is 0 Å². The van der Waals surface area contributed by atoms with E-state index in [1.807, 2.05) is 30.5 Å². The van der Waals surface area contributed by atoms with Gasteiger partial charge in [0.25, 0.3) is 0 Å². The van der Waals surface area contributed by atoms with Crippen LogP contribution in [0, 0.1) is 0 Å². The number of anilines is 1. The van der Waals surface area contributed by atoms with E-state index in [2.05, 4.69) is 5.32 Å². The number of hydrogen-bond acceptors (Lipinski definition) is 3. The van der Waals surface area contributed by atoms with E-state index in [1.54, 1.807) is 48.2 Å². The van der Waals surface area contributed by atoms with Crippen LogP contribution in [0.25, 0.3) is 6.08 Å². The molecule has 2 aromatic carbocycles. The molecule has 0 spiro atoms. The zero-order valence-electron chi connectivity index (χ0n) is 12.5. The van der Waals surface area contributed by atoms with Gasteiger partial charge >= 0.3 is 0 Å². The molecule has 0 unspecified atom stereocenters. The van der Waals surface area contributed by atoms with E-state index in [0.29, 0.717) is 11.3 Å². The molecule has 1 N–H and O–H groups in total. The fourth-order valence-corrected chi connectivity index (χ4v) is 2.34. The number of thioether (sulfide) groups is 1. The van der Waals surface area contributed by atoms with Gasteiger partial charge < -0.3 is 5.32 Å². The summed E-state index contributed by atoms with van der Waals surface area (Å²) in [6, 6.07) is 14.9. The molecule has 0 aliphatic rings. The number of benzene rings is 2. The van der Waals surface area contributed by atoms with E-state index in [-0.39, 0.29) is 11.7 Å². The first-order valence-corrected chi connectivity index (χ1v) is 8.05. The molecule has 0 saturated heterocycles. The van der Waals surface area contributed by atoms with Gasteiger partial charge in [0.05, 0.1) is 0 Å². The Labute approximate surface area is 134 Å². The Bertz CT molecular complexity index is 705. The van der Waals surface area contributed by atoms with E-state index in [0.717, 1.165) is 5.56 Å². The standard InChI is InChI=1S/C18H17NO2S/c1-13(20)19-16-5-3-4-15(12-16)18(21)11-8-14-6-9-17(22-2)10-7-14/h3-12H,1-2H3,(H,19,20)/b11-8+. The van der Waals surface area contributed by atoms with E-state index in [4.69, 9.17) is 0 Å². The molecule has 0 heterocycles. The smallest absolute Gasteiger partial charge is 0.221 e. The Morgan fingerprint density at radius 2 is 1.82 bits per heavy atom. The van der Waals surface area contributed by atoms with E-state index >= 15 is 0 Å². The third-order valence-electron chi connectivity index (χ3n) is 3.01. The van der Waals surface area contributed by atoms with Crippen LogP contribution < -0.4 is 5.32 Å². The summed E-state index contributed by atoms with van der Waals surface area (Å²) >= 11 is 1.68. The zero-order valence-corrected chi connectivity index (χ0v) is 13.3. The maximum absolute atomic E-state index is 12.2. The van der Waals surface area contributed by atoms with Gasteiger partial charge in [0, 0.05) is 23.1 Å². The summed E-state index contributed by atoms with van der Waals surface area (Å²) in [5, 5.41) is 2.67. The number of carbonyl (C=O) groups is 2. The number of rotatable bonds is 5. The molecule has 112 valence electrons. The Morgan fingerprint density at radius 1 is 1.09 bits per heavy atom. The molecule has 2 rings (SSSR count). The Hall–Kier alpha value is -2.33. The summed E-state index contributed by atoms with van der Waals surface area (Å²) < 4.78 is 0. The van der Waals surface area contributed by atoms with Crippen LogP contribution in [0.5, 0.6) is 0 Å². The van der Waals surface area contributed by atoms with Crippen LogP contribution in [0.2, 0.25) is 0 Å². The van der Waals surface area contributed by atoms with Crippen molar-refractivity contribution in [3.05, 3.63) is 65.7 Å². The van der Waals surface area contributed by atoms with Crippen LogP contribution in [0.4, 0.5) is 5.69 Å². The van der Waals surface area contributed by atoms with Crippen molar-refractivity contribution in [1.82, 2.24) is 0 Å². The summed E-state index contributed by atoms with van der Waals surface area (Å²) in [6.07, 6.45) is 5.36. The average Bonchev–Trinajstić information content (AvgIpc) is 2.52. The lowest BCUT2D eigenvalue weighted by Crippen LogP contribution is -2.06. The lowest BCUT2D eigenvalue weighted by molar-refractivity contribution is -0.114. The summed E-state index contributed by atoms with van der Waals surface area (Å²) in [6.45, 7) is 1.44. The van der Waals surface area contributed by atoms with Crippen LogP contribution in [0.15, 0.2) is 59.5 Å². The molecule has 0 radical (unpaired) electrons. The topological polar surface area (TPSA) is 46.2 Å². The molecule has 1 amide bonds. The van der Waals surface area contributed by atoms with Gasteiger partial charge in [-0.05, 0) is 42.2 Å². The zero-order chi connectivity index (χ0) is 15.9. The molecule has 0 fully saturated rings. The second kappa shape index (κ2) is 7.61. The molecule has 0 aliphatic carbocycles. The second-order valence-electron chi connectivity index (χ2n) is 4.73. The predicted octanol–water partition coefficient (Wildman–Crippen LogP) is 4.26. The molecule has 2 aromatic rings. The van der Waals surface area contributed by atoms with E-state index < -0.39 is 0 Å². The van der Waals surface area contributed by atoms with Crippen molar-refractivity contribution in [2.24, 2.45) is 0 Å². The number of carbonyl (C=O) groups excluding carboxylic acids is 2. The fourth-order valence-electron chi connectivity index (χ4n) is 1.94. The van der Waals surface area contributed by atoms with Crippen LogP contribution in [-0.4, -0.2) is 17.9 Å². The SMILES string of the molecule is CSc1ccc(/C=C/C(=O)c2cccc(NC(C)=O)c2)cc1. The predicted molar refractivity (Wildman–Crippen MR) is 92.3 cm³/mol. The van der Waals surface area contributed by atoms with Gasteiger partial charge in [-0.2, -0.15) is 0 Å². The van der Waals surface area contributed by atoms with Gasteiger partial charge in [-0.25, -0.2) is 0 Å². The Morgan fingerprint density at radius 3 is 2.45 bits per heavy atom. The first kappa shape index (κ1) is 16.0. The second-order valence-corrected chi connectivity index (χ2v) is 5.61. The third kappa shape index (κ3) is 4.60. The molecule has 3 nitrogen and oxygen atoms in total. The molecular formula is C18H17NO2S. The maximum Gasteiger partial charge on any atom is 0.221 e. The van der Waals surface area contributed by atoms with E-state index in [1.165, 1.54) is 11.8 Å². The maximum atomic E-state index is 12.2. The first-order chi connectivity index (χ1) is 10.6. The van der Waals surface area contributed by atoms with Crippen molar-refractivity contribution in [3.63, 3.8) is 0 Å². The summed E-state index contributed by atoms with van der Waals surface area (Å²) in [4.78, 5) is 24.4. The van der Waals surface area contributed by atoms with Crippen LogP contribution >= 0.6 is 11.8 Å². The highest BCUT2D eigenvalue weighted by atomic mass is 32.2. The monoisotopic (exact) mass is 311 g/mol. The molecule has 4 heteroatoms. The highest BCUT2D eigenvalue weighted by molar-refractivity contribution is 7.98. The van der Waals surface area contributed by atoms with Crippen molar-refractivity contribution >= 4 is 35.2 Å². The number of ketones is 1. The minimum absolute atomic E-state index is 0.0962. The summed E-state index contributed by atoms with van der Waals surface area (Å²) in [5.41, 5.74) is 2.14. The highest BCUT2D eigenvalue weighted by Crippen LogP contribution is 2.16. The number of nitrogens with one attached hydrogen (secondary N) is 1. The van der Waals surface area contributed by atoms with Crippen molar-refractivity contribution in [2.75, 3.05) is 11.6 Å². The average molecular weight is 311 g/mol. The quantitative estimate of drug-likeness (QED) is 0.510. The van der Waals surface area contributed by atoms with Crippen LogP contribution in [0.3, 0.4) is 0 Å². The summed E-state index contributed by atoms with van der Waals surface area (Å²) in [5.74, 6) is -0.254. The van der Waals surface area contributed by atoms with Gasteiger partial charge in [-0.1, -0.05) is 30.3 Å². The molecule has 0 atom stereocenters. The normalized spacial score (nSPS) is 10.6. The molecule has 0 aromatic heterocycles.